The standard InChI is InChI=1S/C12H16N2O4/c15-11(13-10-6-7-18-14-10)8-17-12(16)9-4-2-1-3-5-9/h6-7,9H,1-5,8H2,(H,13,14,15). The summed E-state index contributed by atoms with van der Waals surface area (Å²) in [6.07, 6.45) is 6.38. The number of carbonyl (C=O) groups excluding carboxylic acids is 2. The SMILES string of the molecule is O=C(COC(=O)C1CCCCC1)Nc1ccon1. The van der Waals surface area contributed by atoms with Gasteiger partial charge in [0, 0.05) is 6.07 Å². The fraction of sp³-hybridized carbons (Fsp3) is 0.583. The van der Waals surface area contributed by atoms with Gasteiger partial charge in [0.15, 0.2) is 12.4 Å². The van der Waals surface area contributed by atoms with E-state index in [2.05, 4.69) is 15.0 Å². The largest absolute Gasteiger partial charge is 0.455 e. The molecule has 0 atom stereocenters. The molecule has 1 aliphatic carbocycles. The molecule has 18 heavy (non-hydrogen) atoms. The van der Waals surface area contributed by atoms with Crippen molar-refractivity contribution in [3.8, 4) is 0 Å². The summed E-state index contributed by atoms with van der Waals surface area (Å²) in [5.41, 5.74) is 0. The number of aromatic nitrogens is 1. The van der Waals surface area contributed by atoms with Crippen molar-refractivity contribution in [1.82, 2.24) is 5.16 Å². The summed E-state index contributed by atoms with van der Waals surface area (Å²) >= 11 is 0. The van der Waals surface area contributed by atoms with E-state index in [9.17, 15) is 9.59 Å². The first-order chi connectivity index (χ1) is 8.75. The Labute approximate surface area is 105 Å². The third kappa shape index (κ3) is 3.58. The summed E-state index contributed by atoms with van der Waals surface area (Å²) < 4.78 is 9.55. The minimum Gasteiger partial charge on any atom is -0.455 e. The van der Waals surface area contributed by atoms with Gasteiger partial charge in [0.1, 0.15) is 6.26 Å². The van der Waals surface area contributed by atoms with Crippen LogP contribution in [0, 0.1) is 5.92 Å². The monoisotopic (exact) mass is 252 g/mol. The van der Waals surface area contributed by atoms with Crippen LogP contribution >= 0.6 is 0 Å². The molecule has 0 bridgehead atoms. The lowest BCUT2D eigenvalue weighted by Crippen LogP contribution is -2.26. The molecule has 1 aliphatic rings. The van der Waals surface area contributed by atoms with Gasteiger partial charge in [-0.05, 0) is 12.8 Å². The second-order valence-electron chi connectivity index (χ2n) is 4.38. The number of nitrogens with one attached hydrogen (secondary N) is 1. The van der Waals surface area contributed by atoms with Crippen molar-refractivity contribution in [1.29, 1.82) is 0 Å². The lowest BCUT2D eigenvalue weighted by atomic mass is 9.89. The molecule has 0 aliphatic heterocycles. The van der Waals surface area contributed by atoms with Crippen LogP contribution in [0.2, 0.25) is 0 Å². The summed E-state index contributed by atoms with van der Waals surface area (Å²) in [5, 5.41) is 5.98. The maximum Gasteiger partial charge on any atom is 0.309 e. The van der Waals surface area contributed by atoms with Crippen molar-refractivity contribution < 1.29 is 18.8 Å². The van der Waals surface area contributed by atoms with Crippen LogP contribution in [0.15, 0.2) is 16.9 Å². The molecule has 0 unspecified atom stereocenters. The first-order valence-electron chi connectivity index (χ1n) is 6.12. The molecule has 0 spiro atoms. The predicted molar refractivity (Wildman–Crippen MR) is 62.7 cm³/mol. The number of carbonyl (C=O) groups is 2. The maximum absolute atomic E-state index is 11.7. The molecule has 1 aromatic heterocycles. The number of hydrogen-bond acceptors (Lipinski definition) is 5. The van der Waals surface area contributed by atoms with Gasteiger partial charge in [0.05, 0.1) is 5.92 Å². The van der Waals surface area contributed by atoms with Crippen LogP contribution in [-0.2, 0) is 14.3 Å². The van der Waals surface area contributed by atoms with Crippen LogP contribution in [0.4, 0.5) is 5.82 Å². The van der Waals surface area contributed by atoms with Crippen molar-refractivity contribution >= 4 is 17.7 Å². The highest BCUT2D eigenvalue weighted by Crippen LogP contribution is 2.24. The number of esters is 1. The van der Waals surface area contributed by atoms with Crippen molar-refractivity contribution in [3.63, 3.8) is 0 Å². The highest BCUT2D eigenvalue weighted by Gasteiger charge is 2.23. The lowest BCUT2D eigenvalue weighted by Gasteiger charge is -2.19. The fourth-order valence-electron chi connectivity index (χ4n) is 2.05. The molecule has 2 rings (SSSR count). The van der Waals surface area contributed by atoms with Gasteiger partial charge in [-0.15, -0.1) is 0 Å². The molecule has 1 heterocycles. The highest BCUT2D eigenvalue weighted by molar-refractivity contribution is 5.91. The zero-order chi connectivity index (χ0) is 12.8. The van der Waals surface area contributed by atoms with Gasteiger partial charge in [-0.3, -0.25) is 9.59 Å². The van der Waals surface area contributed by atoms with Crippen molar-refractivity contribution in [2.75, 3.05) is 11.9 Å². The van der Waals surface area contributed by atoms with Gasteiger partial charge < -0.3 is 14.6 Å². The molecule has 98 valence electrons. The quantitative estimate of drug-likeness (QED) is 0.825. The average molecular weight is 252 g/mol. The molecule has 1 aromatic rings. The first kappa shape index (κ1) is 12.6. The van der Waals surface area contributed by atoms with Crippen LogP contribution in [0.3, 0.4) is 0 Å². The summed E-state index contributed by atoms with van der Waals surface area (Å²) in [5.74, 6) is -0.412. The molecule has 0 radical (unpaired) electrons. The zero-order valence-electron chi connectivity index (χ0n) is 10.1. The maximum atomic E-state index is 11.7. The molecule has 6 nitrogen and oxygen atoms in total. The van der Waals surface area contributed by atoms with Crippen molar-refractivity contribution in [2.45, 2.75) is 32.1 Å². The number of nitrogens with zero attached hydrogens (tertiary/aromatic N) is 1. The third-order valence-electron chi connectivity index (χ3n) is 2.99. The lowest BCUT2D eigenvalue weighted by molar-refractivity contribution is -0.152. The Morgan fingerprint density at radius 1 is 1.39 bits per heavy atom. The van der Waals surface area contributed by atoms with Crippen LogP contribution in [0.25, 0.3) is 0 Å². The summed E-state index contributed by atoms with van der Waals surface area (Å²) in [7, 11) is 0. The number of hydrogen-bond donors (Lipinski definition) is 1. The molecular formula is C12H16N2O4. The number of ether oxygens (including phenoxy) is 1. The van der Waals surface area contributed by atoms with Crippen LogP contribution < -0.4 is 5.32 Å². The smallest absolute Gasteiger partial charge is 0.309 e. The average Bonchev–Trinajstić information content (AvgIpc) is 2.90. The molecule has 1 amide bonds. The molecule has 1 N–H and O–H groups in total. The minimum atomic E-state index is -0.409. The van der Waals surface area contributed by atoms with Gasteiger partial charge in [-0.1, -0.05) is 24.4 Å². The van der Waals surface area contributed by atoms with E-state index >= 15 is 0 Å². The Balaban J connectivity index is 1.70. The summed E-state index contributed by atoms with van der Waals surface area (Å²) in [4.78, 5) is 23.1. The molecule has 1 fully saturated rings. The van der Waals surface area contributed by atoms with Gasteiger partial charge >= 0.3 is 5.97 Å². The Hall–Kier alpha value is -1.85. The van der Waals surface area contributed by atoms with E-state index in [0.29, 0.717) is 5.82 Å². The number of amides is 1. The second kappa shape index (κ2) is 6.18. The second-order valence-corrected chi connectivity index (χ2v) is 4.38. The van der Waals surface area contributed by atoms with Crippen LogP contribution in [-0.4, -0.2) is 23.6 Å². The van der Waals surface area contributed by atoms with E-state index in [0.717, 1.165) is 25.7 Å². The first-order valence-corrected chi connectivity index (χ1v) is 6.12. The highest BCUT2D eigenvalue weighted by atomic mass is 16.5. The van der Waals surface area contributed by atoms with Gasteiger partial charge in [0.2, 0.25) is 0 Å². The summed E-state index contributed by atoms with van der Waals surface area (Å²) in [6, 6.07) is 1.51. The van der Waals surface area contributed by atoms with Gasteiger partial charge in [0.25, 0.3) is 5.91 Å². The van der Waals surface area contributed by atoms with E-state index in [1.165, 1.54) is 18.8 Å². The fourth-order valence-corrected chi connectivity index (χ4v) is 2.05. The van der Waals surface area contributed by atoms with E-state index in [-0.39, 0.29) is 18.5 Å². The molecular weight excluding hydrogens is 236 g/mol. The third-order valence-corrected chi connectivity index (χ3v) is 2.99. The topological polar surface area (TPSA) is 81.4 Å². The zero-order valence-corrected chi connectivity index (χ0v) is 10.1. The van der Waals surface area contributed by atoms with Crippen LogP contribution in [0.5, 0.6) is 0 Å². The summed E-state index contributed by atoms with van der Waals surface area (Å²) in [6.45, 7) is -0.276. The van der Waals surface area contributed by atoms with Gasteiger partial charge in [-0.25, -0.2) is 0 Å². The molecule has 1 saturated carbocycles. The molecule has 0 aromatic carbocycles. The van der Waals surface area contributed by atoms with Crippen molar-refractivity contribution in [3.05, 3.63) is 12.3 Å². The Kier molecular flexibility index (Phi) is 4.33. The Morgan fingerprint density at radius 3 is 2.83 bits per heavy atom. The van der Waals surface area contributed by atoms with Crippen molar-refractivity contribution in [2.24, 2.45) is 5.92 Å². The number of rotatable bonds is 4. The molecule has 6 heteroatoms. The number of anilines is 1. The minimum absolute atomic E-state index is 0.0430. The molecule has 0 saturated heterocycles. The van der Waals surface area contributed by atoms with Crippen LogP contribution in [0.1, 0.15) is 32.1 Å². The van der Waals surface area contributed by atoms with E-state index in [1.807, 2.05) is 0 Å². The predicted octanol–water partition coefficient (Wildman–Crippen LogP) is 1.74. The Morgan fingerprint density at radius 2 is 2.17 bits per heavy atom. The van der Waals surface area contributed by atoms with E-state index in [4.69, 9.17) is 4.74 Å². The Bertz CT molecular complexity index is 396. The van der Waals surface area contributed by atoms with E-state index < -0.39 is 5.91 Å². The normalized spacial score (nSPS) is 16.2. The van der Waals surface area contributed by atoms with E-state index in [1.54, 1.807) is 0 Å². The van der Waals surface area contributed by atoms with Gasteiger partial charge in [-0.2, -0.15) is 0 Å².